The third kappa shape index (κ3) is 5.56. The second kappa shape index (κ2) is 6.47. The summed E-state index contributed by atoms with van der Waals surface area (Å²) in [5.41, 5.74) is -0.551. The number of amides is 2. The van der Waals surface area contributed by atoms with Crippen LogP contribution < -0.4 is 5.32 Å². The Morgan fingerprint density at radius 1 is 1.35 bits per heavy atom. The molecule has 1 atom stereocenters. The molecule has 0 radical (unpaired) electrons. The van der Waals surface area contributed by atoms with Crippen LogP contribution in [0.3, 0.4) is 0 Å². The smallest absolute Gasteiger partial charge is 0.410 e. The van der Waals surface area contributed by atoms with Crippen LogP contribution in [0.5, 0.6) is 0 Å². The minimum Gasteiger partial charge on any atom is -0.444 e. The Hall–Kier alpha value is -1.26. The van der Waals surface area contributed by atoms with Crippen molar-refractivity contribution in [1.82, 2.24) is 10.2 Å². The van der Waals surface area contributed by atoms with Gasteiger partial charge in [-0.2, -0.15) is 0 Å². The zero-order valence-electron chi connectivity index (χ0n) is 11.7. The summed E-state index contributed by atoms with van der Waals surface area (Å²) >= 11 is 0. The highest BCUT2D eigenvalue weighted by Crippen LogP contribution is 2.13. The van der Waals surface area contributed by atoms with E-state index in [2.05, 4.69) is 5.32 Å². The van der Waals surface area contributed by atoms with Gasteiger partial charge >= 0.3 is 6.09 Å². The van der Waals surface area contributed by atoms with E-state index in [0.717, 1.165) is 6.42 Å². The van der Waals surface area contributed by atoms with Gasteiger partial charge < -0.3 is 10.1 Å². The lowest BCUT2D eigenvalue weighted by Crippen LogP contribution is -2.48. The first-order valence-corrected chi connectivity index (χ1v) is 5.90. The lowest BCUT2D eigenvalue weighted by atomic mass is 10.1. The van der Waals surface area contributed by atoms with Crippen molar-refractivity contribution in [3.05, 3.63) is 0 Å². The lowest BCUT2D eigenvalue weighted by Gasteiger charge is -2.29. The van der Waals surface area contributed by atoms with Crippen molar-refractivity contribution in [2.24, 2.45) is 0 Å². The minimum atomic E-state index is -0.551. The van der Waals surface area contributed by atoms with Crippen molar-refractivity contribution < 1.29 is 14.3 Å². The zero-order valence-corrected chi connectivity index (χ0v) is 11.7. The van der Waals surface area contributed by atoms with Gasteiger partial charge in [0.05, 0.1) is 0 Å². The Labute approximate surface area is 103 Å². The predicted molar refractivity (Wildman–Crippen MR) is 66.8 cm³/mol. The fourth-order valence-corrected chi connectivity index (χ4v) is 1.40. The fourth-order valence-electron chi connectivity index (χ4n) is 1.40. The maximum Gasteiger partial charge on any atom is 0.410 e. The van der Waals surface area contributed by atoms with Crippen LogP contribution in [0.1, 0.15) is 40.5 Å². The normalized spacial score (nSPS) is 12.8. The summed E-state index contributed by atoms with van der Waals surface area (Å²) in [6.07, 6.45) is 0.972. The molecule has 0 spiro atoms. The van der Waals surface area contributed by atoms with Gasteiger partial charge in [-0.3, -0.25) is 9.69 Å². The fraction of sp³-hybridized carbons (Fsp3) is 0.833. The standard InChI is InChI=1S/C12H24N2O3/c1-7-8-9(10(15)13-5)14(6)11(16)17-12(2,3)4/h9H,7-8H2,1-6H3,(H,13,15). The van der Waals surface area contributed by atoms with Gasteiger partial charge in [0.1, 0.15) is 11.6 Å². The molecule has 2 amide bonds. The van der Waals surface area contributed by atoms with Gasteiger partial charge in [-0.25, -0.2) is 4.79 Å². The number of carbonyl (C=O) groups is 2. The molecule has 0 aromatic carbocycles. The molecule has 0 saturated heterocycles. The van der Waals surface area contributed by atoms with Gasteiger partial charge in [-0.05, 0) is 27.2 Å². The average molecular weight is 244 g/mol. The topological polar surface area (TPSA) is 58.6 Å². The summed E-state index contributed by atoms with van der Waals surface area (Å²) in [6.45, 7) is 7.37. The summed E-state index contributed by atoms with van der Waals surface area (Å²) in [6, 6.07) is -0.472. The molecule has 0 rings (SSSR count). The van der Waals surface area contributed by atoms with Gasteiger partial charge in [0.2, 0.25) is 5.91 Å². The number of nitrogens with zero attached hydrogens (tertiary/aromatic N) is 1. The molecule has 0 aliphatic heterocycles. The Morgan fingerprint density at radius 2 is 1.88 bits per heavy atom. The largest absolute Gasteiger partial charge is 0.444 e. The van der Waals surface area contributed by atoms with E-state index < -0.39 is 17.7 Å². The molecule has 0 aromatic heterocycles. The third-order valence-corrected chi connectivity index (χ3v) is 2.26. The lowest BCUT2D eigenvalue weighted by molar-refractivity contribution is -0.125. The van der Waals surface area contributed by atoms with Crippen molar-refractivity contribution in [3.63, 3.8) is 0 Å². The molecule has 5 heteroatoms. The van der Waals surface area contributed by atoms with E-state index in [0.29, 0.717) is 6.42 Å². The highest BCUT2D eigenvalue weighted by atomic mass is 16.6. The molecule has 0 saturated carbocycles. The van der Waals surface area contributed by atoms with Crippen LogP contribution in [-0.4, -0.2) is 42.6 Å². The molecule has 1 unspecified atom stereocenters. The molecule has 5 nitrogen and oxygen atoms in total. The first-order chi connectivity index (χ1) is 7.72. The highest BCUT2D eigenvalue weighted by molar-refractivity contribution is 5.85. The molecule has 17 heavy (non-hydrogen) atoms. The minimum absolute atomic E-state index is 0.166. The maximum absolute atomic E-state index is 11.8. The summed E-state index contributed by atoms with van der Waals surface area (Å²) in [7, 11) is 3.15. The molecule has 1 N–H and O–H groups in total. The number of hydrogen-bond acceptors (Lipinski definition) is 3. The van der Waals surface area contributed by atoms with Gasteiger partial charge in [-0.15, -0.1) is 0 Å². The van der Waals surface area contributed by atoms with Crippen LogP contribution in [0.25, 0.3) is 0 Å². The van der Waals surface area contributed by atoms with E-state index in [4.69, 9.17) is 4.74 Å². The first-order valence-electron chi connectivity index (χ1n) is 5.90. The molecule has 0 fully saturated rings. The highest BCUT2D eigenvalue weighted by Gasteiger charge is 2.28. The van der Waals surface area contributed by atoms with E-state index >= 15 is 0 Å². The number of ether oxygens (including phenoxy) is 1. The molecule has 0 aliphatic carbocycles. The van der Waals surface area contributed by atoms with E-state index in [9.17, 15) is 9.59 Å². The van der Waals surface area contributed by atoms with E-state index in [1.54, 1.807) is 34.9 Å². The first kappa shape index (κ1) is 15.7. The number of nitrogens with one attached hydrogen (secondary N) is 1. The number of likely N-dealkylation sites (N-methyl/N-ethyl adjacent to an activating group) is 2. The molecular weight excluding hydrogens is 220 g/mol. The second-order valence-electron chi connectivity index (χ2n) is 5.01. The molecule has 100 valence electrons. The predicted octanol–water partition coefficient (Wildman–Crippen LogP) is 1.77. The van der Waals surface area contributed by atoms with Crippen LogP contribution >= 0.6 is 0 Å². The van der Waals surface area contributed by atoms with Crippen LogP contribution in [0, 0.1) is 0 Å². The molecule has 0 aromatic rings. The summed E-state index contributed by atoms with van der Waals surface area (Å²) in [5.74, 6) is -0.166. The maximum atomic E-state index is 11.8. The van der Waals surface area contributed by atoms with Gasteiger partial charge in [0.25, 0.3) is 0 Å². The number of carbonyl (C=O) groups excluding carboxylic acids is 2. The van der Waals surface area contributed by atoms with E-state index in [1.807, 2.05) is 6.92 Å². The van der Waals surface area contributed by atoms with Gasteiger partial charge in [0.15, 0.2) is 0 Å². The molecular formula is C12H24N2O3. The van der Waals surface area contributed by atoms with Crippen LogP contribution in [0.2, 0.25) is 0 Å². The van der Waals surface area contributed by atoms with E-state index in [1.165, 1.54) is 4.90 Å². The second-order valence-corrected chi connectivity index (χ2v) is 5.01. The van der Waals surface area contributed by atoms with Crippen molar-refractivity contribution in [3.8, 4) is 0 Å². The average Bonchev–Trinajstić information content (AvgIpc) is 2.21. The third-order valence-electron chi connectivity index (χ3n) is 2.26. The van der Waals surface area contributed by atoms with Crippen LogP contribution in [-0.2, 0) is 9.53 Å². The summed E-state index contributed by atoms with van der Waals surface area (Å²) < 4.78 is 5.23. The molecule has 0 aliphatic rings. The Bertz CT molecular complexity index is 271. The summed E-state index contributed by atoms with van der Waals surface area (Å²) in [5, 5.41) is 2.56. The number of rotatable bonds is 4. The Kier molecular flexibility index (Phi) is 5.99. The Morgan fingerprint density at radius 3 is 2.24 bits per heavy atom. The monoisotopic (exact) mass is 244 g/mol. The van der Waals surface area contributed by atoms with Gasteiger partial charge in [-0.1, -0.05) is 13.3 Å². The van der Waals surface area contributed by atoms with Crippen molar-refractivity contribution >= 4 is 12.0 Å². The molecule has 0 bridgehead atoms. The molecule has 0 heterocycles. The SMILES string of the molecule is CCCC(C(=O)NC)N(C)C(=O)OC(C)(C)C. The zero-order chi connectivity index (χ0) is 13.6. The van der Waals surface area contributed by atoms with Crippen molar-refractivity contribution in [1.29, 1.82) is 0 Å². The van der Waals surface area contributed by atoms with Crippen LogP contribution in [0.15, 0.2) is 0 Å². The van der Waals surface area contributed by atoms with E-state index in [-0.39, 0.29) is 5.91 Å². The van der Waals surface area contributed by atoms with Gasteiger partial charge in [0, 0.05) is 14.1 Å². The van der Waals surface area contributed by atoms with Crippen LogP contribution in [0.4, 0.5) is 4.79 Å². The van der Waals surface area contributed by atoms with Crippen molar-refractivity contribution in [2.45, 2.75) is 52.2 Å². The summed E-state index contributed by atoms with van der Waals surface area (Å²) in [4.78, 5) is 24.8. The van der Waals surface area contributed by atoms with Crippen molar-refractivity contribution in [2.75, 3.05) is 14.1 Å². The Balaban J connectivity index is 4.66. The quantitative estimate of drug-likeness (QED) is 0.820. The number of hydrogen-bond donors (Lipinski definition) is 1.